The van der Waals surface area contributed by atoms with E-state index in [1.54, 1.807) is 0 Å². The summed E-state index contributed by atoms with van der Waals surface area (Å²) in [6, 6.07) is 9.66. The molecule has 1 fully saturated rings. The normalized spacial score (nSPS) is 19.4. The van der Waals surface area contributed by atoms with Crippen molar-refractivity contribution >= 4 is 11.7 Å². The van der Waals surface area contributed by atoms with E-state index in [-0.39, 0.29) is 12.1 Å². The minimum absolute atomic E-state index is 0.0737. The number of carbonyl (C=O) groups excluding carboxylic acids is 1. The summed E-state index contributed by atoms with van der Waals surface area (Å²) in [5.41, 5.74) is 1.90. The van der Waals surface area contributed by atoms with E-state index in [9.17, 15) is 4.79 Å². The molecule has 6 heteroatoms. The highest BCUT2D eigenvalue weighted by Gasteiger charge is 2.31. The fourth-order valence-corrected chi connectivity index (χ4v) is 3.45. The van der Waals surface area contributed by atoms with Crippen LogP contribution in [0.3, 0.4) is 0 Å². The molecule has 1 atom stereocenters. The summed E-state index contributed by atoms with van der Waals surface area (Å²) < 4.78 is 13.2. The van der Waals surface area contributed by atoms with Gasteiger partial charge in [0.15, 0.2) is 11.5 Å². The van der Waals surface area contributed by atoms with E-state index < -0.39 is 0 Å². The molecule has 1 saturated heterocycles. The van der Waals surface area contributed by atoms with Crippen LogP contribution in [0.5, 0.6) is 11.5 Å². The van der Waals surface area contributed by atoms with Gasteiger partial charge >= 0.3 is 6.03 Å². The van der Waals surface area contributed by atoms with Gasteiger partial charge in [0, 0.05) is 37.2 Å². The van der Waals surface area contributed by atoms with Crippen LogP contribution in [0.2, 0.25) is 0 Å². The Kier molecular flexibility index (Phi) is 3.80. The summed E-state index contributed by atoms with van der Waals surface area (Å²) in [6.07, 6.45) is 4.03. The van der Waals surface area contributed by atoms with E-state index >= 15 is 0 Å². The van der Waals surface area contributed by atoms with Crippen LogP contribution >= 0.6 is 0 Å². The van der Waals surface area contributed by atoms with Gasteiger partial charge in [0.1, 0.15) is 13.2 Å². The van der Waals surface area contributed by atoms with Crippen molar-refractivity contribution in [2.45, 2.75) is 18.9 Å². The maximum atomic E-state index is 12.7. The molecule has 2 amide bonds. The first-order valence-electron chi connectivity index (χ1n) is 8.31. The van der Waals surface area contributed by atoms with E-state index in [4.69, 9.17) is 9.47 Å². The summed E-state index contributed by atoms with van der Waals surface area (Å²) in [6.45, 7) is 1.86. The molecule has 2 aliphatic rings. The summed E-state index contributed by atoms with van der Waals surface area (Å²) >= 11 is 0. The Hall–Kier alpha value is -2.63. The molecule has 0 spiro atoms. The highest BCUT2D eigenvalue weighted by atomic mass is 16.6. The summed E-state index contributed by atoms with van der Waals surface area (Å²) in [5, 5.41) is 2.99. The van der Waals surface area contributed by atoms with Crippen molar-refractivity contribution in [1.29, 1.82) is 0 Å². The van der Waals surface area contributed by atoms with E-state index in [0.717, 1.165) is 30.8 Å². The van der Waals surface area contributed by atoms with Gasteiger partial charge in [-0.1, -0.05) is 0 Å². The zero-order valence-corrected chi connectivity index (χ0v) is 13.7. The average molecular weight is 327 g/mol. The molecule has 3 heterocycles. The lowest BCUT2D eigenvalue weighted by Gasteiger charge is -2.26. The molecule has 0 aliphatic carbocycles. The van der Waals surface area contributed by atoms with Crippen LogP contribution in [0, 0.1) is 0 Å². The Bertz CT molecular complexity index is 756. The summed E-state index contributed by atoms with van der Waals surface area (Å²) in [5.74, 6) is 1.40. The SMILES string of the molecule is Cn1cccc1C1CCCN1C(=O)Nc1ccc2c(c1)OCCO2. The number of aromatic nitrogens is 1. The van der Waals surface area contributed by atoms with E-state index in [2.05, 4.69) is 16.0 Å². The van der Waals surface area contributed by atoms with Gasteiger partial charge < -0.3 is 24.3 Å². The molecule has 1 N–H and O–H groups in total. The highest BCUT2D eigenvalue weighted by Crippen LogP contribution is 2.35. The van der Waals surface area contributed by atoms with Crippen molar-refractivity contribution in [3.8, 4) is 11.5 Å². The molecule has 126 valence electrons. The molecule has 1 aromatic heterocycles. The van der Waals surface area contributed by atoms with Crippen molar-refractivity contribution in [3.63, 3.8) is 0 Å². The zero-order valence-electron chi connectivity index (χ0n) is 13.7. The number of urea groups is 1. The molecule has 0 bridgehead atoms. The molecule has 1 aromatic carbocycles. The number of likely N-dealkylation sites (tertiary alicyclic amines) is 1. The number of aryl methyl sites for hydroxylation is 1. The van der Waals surface area contributed by atoms with Gasteiger partial charge in [-0.05, 0) is 37.1 Å². The third-order valence-electron chi connectivity index (χ3n) is 4.63. The zero-order chi connectivity index (χ0) is 16.5. The number of hydrogen-bond acceptors (Lipinski definition) is 3. The van der Waals surface area contributed by atoms with Gasteiger partial charge in [0.2, 0.25) is 0 Å². The third-order valence-corrected chi connectivity index (χ3v) is 4.63. The first kappa shape index (κ1) is 14.9. The quantitative estimate of drug-likeness (QED) is 0.922. The smallest absolute Gasteiger partial charge is 0.322 e. The van der Waals surface area contributed by atoms with E-state index in [1.165, 1.54) is 5.69 Å². The maximum Gasteiger partial charge on any atom is 0.322 e. The Balaban J connectivity index is 1.50. The van der Waals surface area contributed by atoms with Crippen LogP contribution in [0.25, 0.3) is 0 Å². The minimum atomic E-state index is -0.0737. The minimum Gasteiger partial charge on any atom is -0.486 e. The van der Waals surface area contributed by atoms with E-state index in [1.807, 2.05) is 42.4 Å². The van der Waals surface area contributed by atoms with Gasteiger partial charge in [-0.3, -0.25) is 0 Å². The Morgan fingerprint density at radius 1 is 1.21 bits per heavy atom. The molecular formula is C18H21N3O3. The van der Waals surface area contributed by atoms with Crippen molar-refractivity contribution in [3.05, 3.63) is 42.2 Å². The Labute approximate surface area is 141 Å². The molecule has 24 heavy (non-hydrogen) atoms. The summed E-state index contributed by atoms with van der Waals surface area (Å²) in [7, 11) is 2.02. The second kappa shape index (κ2) is 6.11. The van der Waals surface area contributed by atoms with E-state index in [0.29, 0.717) is 19.0 Å². The fraction of sp³-hybridized carbons (Fsp3) is 0.389. The maximum absolute atomic E-state index is 12.7. The lowest BCUT2D eigenvalue weighted by molar-refractivity contribution is 0.171. The van der Waals surface area contributed by atoms with Crippen molar-refractivity contribution < 1.29 is 14.3 Å². The average Bonchev–Trinajstić information content (AvgIpc) is 3.23. The van der Waals surface area contributed by atoms with Crippen molar-refractivity contribution in [1.82, 2.24) is 9.47 Å². The van der Waals surface area contributed by atoms with Gasteiger partial charge in [-0.25, -0.2) is 4.79 Å². The second-order valence-corrected chi connectivity index (χ2v) is 6.18. The number of hydrogen-bond donors (Lipinski definition) is 1. The number of amides is 2. The van der Waals surface area contributed by atoms with Gasteiger partial charge in [-0.2, -0.15) is 0 Å². The van der Waals surface area contributed by atoms with Gasteiger partial charge in [0.05, 0.1) is 6.04 Å². The van der Waals surface area contributed by atoms with Crippen LogP contribution in [0.1, 0.15) is 24.6 Å². The van der Waals surface area contributed by atoms with Crippen LogP contribution in [0.15, 0.2) is 36.5 Å². The Morgan fingerprint density at radius 2 is 2.04 bits per heavy atom. The molecule has 2 aromatic rings. The number of nitrogens with one attached hydrogen (secondary N) is 1. The number of fused-ring (bicyclic) bond motifs is 1. The largest absolute Gasteiger partial charge is 0.486 e. The number of ether oxygens (including phenoxy) is 2. The molecular weight excluding hydrogens is 306 g/mol. The lowest BCUT2D eigenvalue weighted by Crippen LogP contribution is -2.35. The second-order valence-electron chi connectivity index (χ2n) is 6.18. The number of anilines is 1. The lowest BCUT2D eigenvalue weighted by atomic mass is 10.1. The molecule has 2 aliphatic heterocycles. The molecule has 4 rings (SSSR count). The number of rotatable bonds is 2. The topological polar surface area (TPSA) is 55.7 Å². The highest BCUT2D eigenvalue weighted by molar-refractivity contribution is 5.90. The number of benzene rings is 1. The Morgan fingerprint density at radius 3 is 2.83 bits per heavy atom. The van der Waals surface area contributed by atoms with Crippen LogP contribution in [-0.2, 0) is 7.05 Å². The standard InChI is InChI=1S/C18H21N3O3/c1-20-8-2-4-14(20)15-5-3-9-21(15)18(22)19-13-6-7-16-17(12-13)24-11-10-23-16/h2,4,6-8,12,15H,3,5,9-11H2,1H3,(H,19,22). The van der Waals surface area contributed by atoms with Crippen LogP contribution in [-0.4, -0.2) is 35.3 Å². The summed E-state index contributed by atoms with van der Waals surface area (Å²) in [4.78, 5) is 14.6. The molecule has 0 radical (unpaired) electrons. The third kappa shape index (κ3) is 2.68. The number of nitrogens with zero attached hydrogens (tertiary/aromatic N) is 2. The first-order valence-corrected chi connectivity index (χ1v) is 8.31. The fourth-order valence-electron chi connectivity index (χ4n) is 3.45. The monoisotopic (exact) mass is 327 g/mol. The van der Waals surface area contributed by atoms with Gasteiger partial charge in [-0.15, -0.1) is 0 Å². The van der Waals surface area contributed by atoms with Crippen molar-refractivity contribution in [2.24, 2.45) is 7.05 Å². The predicted molar refractivity (Wildman–Crippen MR) is 90.5 cm³/mol. The number of carbonyl (C=O) groups is 1. The molecule has 0 saturated carbocycles. The molecule has 1 unspecified atom stereocenters. The van der Waals surface area contributed by atoms with Gasteiger partial charge in [0.25, 0.3) is 0 Å². The first-order chi connectivity index (χ1) is 11.7. The molecule has 6 nitrogen and oxygen atoms in total. The van der Waals surface area contributed by atoms with Crippen LogP contribution in [0.4, 0.5) is 10.5 Å². The predicted octanol–water partition coefficient (Wildman–Crippen LogP) is 3.17. The van der Waals surface area contributed by atoms with Crippen LogP contribution < -0.4 is 14.8 Å². The van der Waals surface area contributed by atoms with Crippen molar-refractivity contribution in [2.75, 3.05) is 25.1 Å².